The minimum atomic E-state index is 0.524. The highest BCUT2D eigenvalue weighted by Crippen LogP contribution is 2.35. The van der Waals surface area contributed by atoms with Gasteiger partial charge in [-0.25, -0.2) is 0 Å². The van der Waals surface area contributed by atoms with Crippen molar-refractivity contribution in [3.05, 3.63) is 84.2 Å². The first kappa shape index (κ1) is 15.0. The molecule has 124 valence electrons. The van der Waals surface area contributed by atoms with Gasteiger partial charge in [0.15, 0.2) is 0 Å². The molecule has 2 aromatic heterocycles. The normalized spacial score (nSPS) is 11.1. The summed E-state index contributed by atoms with van der Waals surface area (Å²) in [5.41, 5.74) is 0.890. The fourth-order valence-electron chi connectivity index (χ4n) is 3.09. The van der Waals surface area contributed by atoms with E-state index in [9.17, 15) is 0 Å². The molecule has 0 aliphatic rings. The Hall–Kier alpha value is -3.24. The number of benzene rings is 3. The second kappa shape index (κ2) is 6.24. The molecule has 0 spiro atoms. The van der Waals surface area contributed by atoms with Crippen molar-refractivity contribution in [2.24, 2.45) is 0 Å². The largest absolute Gasteiger partial charge is 0.437 e. The van der Waals surface area contributed by atoms with Gasteiger partial charge in [-0.05, 0) is 40.4 Å². The summed E-state index contributed by atoms with van der Waals surface area (Å²) >= 11 is 1.66. The van der Waals surface area contributed by atoms with E-state index in [1.165, 1.54) is 5.39 Å². The van der Waals surface area contributed by atoms with E-state index in [1.54, 1.807) is 11.3 Å². The third-order valence-corrected chi connectivity index (χ3v) is 5.22. The summed E-state index contributed by atoms with van der Waals surface area (Å²) in [6.07, 6.45) is 0. The molecular formula is C22H14N2OS. The van der Waals surface area contributed by atoms with Gasteiger partial charge in [-0.2, -0.15) is 0 Å². The zero-order valence-electron chi connectivity index (χ0n) is 13.8. The highest BCUT2D eigenvalue weighted by Gasteiger charge is 2.13. The summed E-state index contributed by atoms with van der Waals surface area (Å²) in [6.45, 7) is 0. The van der Waals surface area contributed by atoms with Gasteiger partial charge in [-0.1, -0.05) is 54.6 Å². The molecule has 0 aliphatic carbocycles. The van der Waals surface area contributed by atoms with Gasteiger partial charge in [0, 0.05) is 10.8 Å². The van der Waals surface area contributed by atoms with Crippen LogP contribution in [0.25, 0.3) is 32.1 Å². The Labute approximate surface area is 154 Å². The van der Waals surface area contributed by atoms with Crippen LogP contribution in [0.1, 0.15) is 0 Å². The Morgan fingerprint density at radius 2 is 1.50 bits per heavy atom. The Kier molecular flexibility index (Phi) is 3.61. The van der Waals surface area contributed by atoms with Crippen molar-refractivity contribution in [1.29, 1.82) is 0 Å². The molecule has 26 heavy (non-hydrogen) atoms. The number of fused-ring (bicyclic) bond motifs is 2. The predicted molar refractivity (Wildman–Crippen MR) is 107 cm³/mol. The van der Waals surface area contributed by atoms with E-state index >= 15 is 0 Å². The number of rotatable bonds is 3. The van der Waals surface area contributed by atoms with Gasteiger partial charge >= 0.3 is 0 Å². The molecule has 0 saturated carbocycles. The summed E-state index contributed by atoms with van der Waals surface area (Å²) < 4.78 is 6.10. The molecule has 0 N–H and O–H groups in total. The quantitative estimate of drug-likeness (QED) is 0.381. The van der Waals surface area contributed by atoms with Crippen LogP contribution in [0.3, 0.4) is 0 Å². The molecule has 0 atom stereocenters. The van der Waals surface area contributed by atoms with Gasteiger partial charge in [0.1, 0.15) is 11.4 Å². The maximum atomic E-state index is 6.10. The zero-order chi connectivity index (χ0) is 17.3. The SMILES string of the molecule is c1csc(-c2nnc(Oc3ccc4ccccc4c3)c3ccccc23)c1. The number of hydrogen-bond donors (Lipinski definition) is 0. The summed E-state index contributed by atoms with van der Waals surface area (Å²) in [6, 6.07) is 26.4. The van der Waals surface area contributed by atoms with Crippen molar-refractivity contribution in [2.45, 2.75) is 0 Å². The smallest absolute Gasteiger partial charge is 0.246 e. The lowest BCUT2D eigenvalue weighted by atomic mass is 10.1. The molecule has 5 rings (SSSR count). The van der Waals surface area contributed by atoms with Gasteiger partial charge < -0.3 is 4.74 Å². The second-order valence-corrected chi connectivity index (χ2v) is 6.94. The van der Waals surface area contributed by atoms with Gasteiger partial charge in [0.05, 0.1) is 4.88 Å². The van der Waals surface area contributed by atoms with E-state index in [4.69, 9.17) is 4.74 Å². The Morgan fingerprint density at radius 3 is 2.35 bits per heavy atom. The van der Waals surface area contributed by atoms with Crippen LogP contribution in [-0.4, -0.2) is 10.2 Å². The fourth-order valence-corrected chi connectivity index (χ4v) is 3.82. The Morgan fingerprint density at radius 1 is 0.692 bits per heavy atom. The molecule has 0 bridgehead atoms. The minimum absolute atomic E-state index is 0.524. The molecule has 0 fully saturated rings. The highest BCUT2D eigenvalue weighted by atomic mass is 32.1. The molecule has 0 radical (unpaired) electrons. The fraction of sp³-hybridized carbons (Fsp3) is 0. The van der Waals surface area contributed by atoms with Crippen molar-refractivity contribution in [1.82, 2.24) is 10.2 Å². The third kappa shape index (κ3) is 2.61. The van der Waals surface area contributed by atoms with E-state index in [-0.39, 0.29) is 0 Å². The lowest BCUT2D eigenvalue weighted by molar-refractivity contribution is 0.463. The predicted octanol–water partition coefficient (Wildman–Crippen LogP) is 6.30. The number of ether oxygens (including phenoxy) is 1. The minimum Gasteiger partial charge on any atom is -0.437 e. The van der Waals surface area contributed by atoms with E-state index < -0.39 is 0 Å². The van der Waals surface area contributed by atoms with Crippen molar-refractivity contribution >= 4 is 32.9 Å². The molecule has 5 aromatic rings. The summed E-state index contributed by atoms with van der Waals surface area (Å²) in [5, 5.41) is 15.2. The van der Waals surface area contributed by atoms with Gasteiger partial charge in [0.2, 0.25) is 5.88 Å². The van der Waals surface area contributed by atoms with Crippen LogP contribution in [0, 0.1) is 0 Å². The first-order valence-electron chi connectivity index (χ1n) is 8.34. The Balaban J connectivity index is 1.61. The molecule has 0 saturated heterocycles. The van der Waals surface area contributed by atoms with Crippen LogP contribution >= 0.6 is 11.3 Å². The first-order valence-corrected chi connectivity index (χ1v) is 9.22. The van der Waals surface area contributed by atoms with Crippen molar-refractivity contribution < 1.29 is 4.74 Å². The van der Waals surface area contributed by atoms with Gasteiger partial charge in [-0.15, -0.1) is 21.5 Å². The molecular weight excluding hydrogens is 340 g/mol. The molecule has 4 heteroatoms. The van der Waals surface area contributed by atoms with Crippen molar-refractivity contribution in [3.8, 4) is 22.2 Å². The zero-order valence-corrected chi connectivity index (χ0v) is 14.6. The van der Waals surface area contributed by atoms with E-state index in [0.717, 1.165) is 32.5 Å². The molecule has 3 aromatic carbocycles. The summed E-state index contributed by atoms with van der Waals surface area (Å²) in [4.78, 5) is 1.10. The first-order chi connectivity index (χ1) is 12.9. The number of hydrogen-bond acceptors (Lipinski definition) is 4. The summed E-state index contributed by atoms with van der Waals surface area (Å²) in [5.74, 6) is 1.28. The lowest BCUT2D eigenvalue weighted by Gasteiger charge is -2.10. The van der Waals surface area contributed by atoms with Crippen LogP contribution in [0.15, 0.2) is 84.2 Å². The molecule has 0 aliphatic heterocycles. The van der Waals surface area contributed by atoms with Crippen LogP contribution in [-0.2, 0) is 0 Å². The maximum absolute atomic E-state index is 6.10. The average Bonchev–Trinajstić information content (AvgIpc) is 3.23. The van der Waals surface area contributed by atoms with Crippen LogP contribution < -0.4 is 4.74 Å². The maximum Gasteiger partial charge on any atom is 0.246 e. The molecule has 3 nitrogen and oxygen atoms in total. The highest BCUT2D eigenvalue weighted by molar-refractivity contribution is 7.13. The van der Waals surface area contributed by atoms with Crippen LogP contribution in [0.5, 0.6) is 11.6 Å². The van der Waals surface area contributed by atoms with Crippen LogP contribution in [0.4, 0.5) is 0 Å². The molecule has 0 unspecified atom stereocenters. The van der Waals surface area contributed by atoms with Gasteiger partial charge in [0.25, 0.3) is 0 Å². The molecule has 0 amide bonds. The van der Waals surface area contributed by atoms with E-state index in [0.29, 0.717) is 5.88 Å². The van der Waals surface area contributed by atoms with Crippen molar-refractivity contribution in [3.63, 3.8) is 0 Å². The van der Waals surface area contributed by atoms with E-state index in [1.807, 2.05) is 53.9 Å². The number of nitrogens with zero attached hydrogens (tertiary/aromatic N) is 2. The van der Waals surface area contributed by atoms with Gasteiger partial charge in [-0.3, -0.25) is 0 Å². The lowest BCUT2D eigenvalue weighted by Crippen LogP contribution is -1.95. The number of aromatic nitrogens is 2. The van der Waals surface area contributed by atoms with Crippen molar-refractivity contribution in [2.75, 3.05) is 0 Å². The van der Waals surface area contributed by atoms with Crippen LogP contribution in [0.2, 0.25) is 0 Å². The Bertz CT molecular complexity index is 1220. The topological polar surface area (TPSA) is 35.0 Å². The monoisotopic (exact) mass is 354 g/mol. The average molecular weight is 354 g/mol. The van der Waals surface area contributed by atoms with E-state index in [2.05, 4.69) is 40.5 Å². The standard InChI is InChI=1S/C22H14N2OS/c1-2-7-16-14-17(12-11-15(16)6-1)25-22-19-9-4-3-8-18(19)21(23-24-22)20-10-5-13-26-20/h1-14H. The third-order valence-electron chi connectivity index (χ3n) is 4.34. The second-order valence-electron chi connectivity index (χ2n) is 5.99. The number of thiophene rings is 1. The molecule has 2 heterocycles. The summed E-state index contributed by atoms with van der Waals surface area (Å²) in [7, 11) is 0.